The van der Waals surface area contributed by atoms with Crippen molar-refractivity contribution in [2.45, 2.75) is 56.1 Å². The number of carbonyl (C=O) groups is 1. The van der Waals surface area contributed by atoms with Crippen LogP contribution in [0.2, 0.25) is 0 Å². The van der Waals surface area contributed by atoms with Gasteiger partial charge in [0.1, 0.15) is 22.6 Å². The SMILES string of the molecule is Cc1ccc(S(=O)(=O)c2c(C)c(C)n(Cc3ccco3)c2NC(=O)[C@H]2CCCO2)cc1. The van der Waals surface area contributed by atoms with E-state index < -0.39 is 15.9 Å². The Bertz CT molecular complexity index is 1190. The van der Waals surface area contributed by atoms with Crippen molar-refractivity contribution in [3.05, 3.63) is 65.2 Å². The van der Waals surface area contributed by atoms with Crippen molar-refractivity contribution in [3.8, 4) is 0 Å². The molecule has 1 aromatic carbocycles. The van der Waals surface area contributed by atoms with Crippen LogP contribution in [-0.2, 0) is 25.9 Å². The van der Waals surface area contributed by atoms with Crippen LogP contribution in [0.4, 0.5) is 5.82 Å². The first-order chi connectivity index (χ1) is 14.8. The van der Waals surface area contributed by atoms with Gasteiger partial charge < -0.3 is 19.0 Å². The Morgan fingerprint density at radius 2 is 1.90 bits per heavy atom. The molecule has 1 amide bonds. The molecule has 1 saturated heterocycles. The third-order valence-corrected chi connectivity index (χ3v) is 7.66. The summed E-state index contributed by atoms with van der Waals surface area (Å²) in [6.45, 7) is 6.33. The van der Waals surface area contributed by atoms with Gasteiger partial charge in [0.25, 0.3) is 5.91 Å². The summed E-state index contributed by atoms with van der Waals surface area (Å²) in [7, 11) is -3.87. The smallest absolute Gasteiger partial charge is 0.254 e. The highest BCUT2D eigenvalue weighted by molar-refractivity contribution is 7.91. The van der Waals surface area contributed by atoms with E-state index in [1.54, 1.807) is 48.1 Å². The van der Waals surface area contributed by atoms with E-state index in [2.05, 4.69) is 5.32 Å². The van der Waals surface area contributed by atoms with E-state index in [0.29, 0.717) is 30.9 Å². The van der Waals surface area contributed by atoms with E-state index in [-0.39, 0.29) is 21.5 Å². The van der Waals surface area contributed by atoms with Crippen LogP contribution in [0.1, 0.15) is 35.4 Å². The summed E-state index contributed by atoms with van der Waals surface area (Å²) < 4.78 is 40.0. The number of aryl methyl sites for hydroxylation is 1. The van der Waals surface area contributed by atoms with Gasteiger partial charge in [-0.1, -0.05) is 17.7 Å². The maximum atomic E-state index is 13.6. The molecule has 3 heterocycles. The fourth-order valence-electron chi connectivity index (χ4n) is 3.86. The molecule has 7 nitrogen and oxygen atoms in total. The van der Waals surface area contributed by atoms with E-state index >= 15 is 0 Å². The number of nitrogens with one attached hydrogen (secondary N) is 1. The molecule has 2 aromatic heterocycles. The Kier molecular flexibility index (Phi) is 5.77. The van der Waals surface area contributed by atoms with Crippen molar-refractivity contribution in [1.82, 2.24) is 4.57 Å². The van der Waals surface area contributed by atoms with E-state index in [4.69, 9.17) is 9.15 Å². The van der Waals surface area contributed by atoms with Crippen LogP contribution >= 0.6 is 0 Å². The van der Waals surface area contributed by atoms with Gasteiger partial charge in [0, 0.05) is 12.3 Å². The summed E-state index contributed by atoms with van der Waals surface area (Å²) in [5.41, 5.74) is 2.30. The van der Waals surface area contributed by atoms with Crippen LogP contribution < -0.4 is 5.32 Å². The van der Waals surface area contributed by atoms with Crippen molar-refractivity contribution >= 4 is 21.6 Å². The van der Waals surface area contributed by atoms with Crippen molar-refractivity contribution in [3.63, 3.8) is 0 Å². The van der Waals surface area contributed by atoms with Crippen LogP contribution in [-0.4, -0.2) is 31.6 Å². The number of hydrogen-bond acceptors (Lipinski definition) is 5. The molecule has 0 saturated carbocycles. The van der Waals surface area contributed by atoms with E-state index in [9.17, 15) is 13.2 Å². The van der Waals surface area contributed by atoms with Gasteiger partial charge in [0.05, 0.1) is 17.7 Å². The molecule has 8 heteroatoms. The number of hydrogen-bond donors (Lipinski definition) is 1. The lowest BCUT2D eigenvalue weighted by Gasteiger charge is -2.16. The molecule has 0 radical (unpaired) electrons. The summed E-state index contributed by atoms with van der Waals surface area (Å²) in [5.74, 6) is 0.563. The van der Waals surface area contributed by atoms with Crippen LogP contribution in [0.5, 0.6) is 0 Å². The van der Waals surface area contributed by atoms with Gasteiger partial charge in [-0.15, -0.1) is 0 Å². The second kappa shape index (κ2) is 8.36. The standard InChI is InChI=1S/C23H26N2O5S/c1-15-8-10-19(11-9-15)31(27,28)21-16(2)17(3)25(14-18-6-4-12-29-18)22(21)24-23(26)20-7-5-13-30-20/h4,6,8-12,20H,5,7,13-14H2,1-3H3,(H,24,26)/t20-/m1/s1. The second-order valence-corrected chi connectivity index (χ2v) is 9.75. The van der Waals surface area contributed by atoms with Crippen molar-refractivity contribution in [2.24, 2.45) is 0 Å². The Balaban J connectivity index is 1.84. The molecule has 1 atom stereocenters. The van der Waals surface area contributed by atoms with Crippen molar-refractivity contribution in [2.75, 3.05) is 11.9 Å². The summed E-state index contributed by atoms with van der Waals surface area (Å²) in [6.07, 6.45) is 2.40. The average Bonchev–Trinajstić information content (AvgIpc) is 3.48. The number of furan rings is 1. The van der Waals surface area contributed by atoms with E-state index in [0.717, 1.165) is 17.7 Å². The Hall–Kier alpha value is -2.84. The molecule has 0 bridgehead atoms. The number of anilines is 1. The molecule has 1 N–H and O–H groups in total. The Labute approximate surface area is 181 Å². The van der Waals surface area contributed by atoms with Crippen LogP contribution in [0.15, 0.2) is 56.9 Å². The van der Waals surface area contributed by atoms with Crippen molar-refractivity contribution in [1.29, 1.82) is 0 Å². The maximum Gasteiger partial charge on any atom is 0.254 e. The molecule has 1 aliphatic heterocycles. The van der Waals surface area contributed by atoms with Gasteiger partial charge >= 0.3 is 0 Å². The molecular formula is C23H26N2O5S. The zero-order chi connectivity index (χ0) is 22.2. The molecule has 31 heavy (non-hydrogen) atoms. The predicted molar refractivity (Wildman–Crippen MR) is 116 cm³/mol. The predicted octanol–water partition coefficient (Wildman–Crippen LogP) is 4.00. The van der Waals surface area contributed by atoms with Gasteiger partial charge in [-0.2, -0.15) is 0 Å². The number of carbonyl (C=O) groups excluding carboxylic acids is 1. The molecule has 4 rings (SSSR count). The van der Waals surface area contributed by atoms with Crippen LogP contribution in [0.3, 0.4) is 0 Å². The minimum atomic E-state index is -3.87. The summed E-state index contributed by atoms with van der Waals surface area (Å²) >= 11 is 0. The Morgan fingerprint density at radius 1 is 1.16 bits per heavy atom. The number of aromatic nitrogens is 1. The number of rotatable bonds is 6. The lowest BCUT2D eigenvalue weighted by Crippen LogP contribution is -2.29. The maximum absolute atomic E-state index is 13.6. The molecule has 1 fully saturated rings. The molecule has 0 unspecified atom stereocenters. The minimum absolute atomic E-state index is 0.103. The molecule has 0 spiro atoms. The molecule has 0 aliphatic carbocycles. The monoisotopic (exact) mass is 442 g/mol. The second-order valence-electron chi connectivity index (χ2n) is 7.86. The molecular weight excluding hydrogens is 416 g/mol. The van der Waals surface area contributed by atoms with Gasteiger partial charge in [0.2, 0.25) is 9.84 Å². The average molecular weight is 443 g/mol. The number of nitrogens with zero attached hydrogens (tertiary/aromatic N) is 1. The summed E-state index contributed by atoms with van der Waals surface area (Å²) in [4.78, 5) is 13.2. The number of amides is 1. The first-order valence-electron chi connectivity index (χ1n) is 10.3. The van der Waals surface area contributed by atoms with Crippen LogP contribution in [0.25, 0.3) is 0 Å². The van der Waals surface area contributed by atoms with E-state index in [1.807, 2.05) is 19.9 Å². The topological polar surface area (TPSA) is 90.5 Å². The van der Waals surface area contributed by atoms with Gasteiger partial charge in [-0.3, -0.25) is 4.79 Å². The highest BCUT2D eigenvalue weighted by atomic mass is 32.2. The third-order valence-electron chi connectivity index (χ3n) is 5.73. The summed E-state index contributed by atoms with van der Waals surface area (Å²) in [6, 6.07) is 10.3. The number of sulfone groups is 1. The Morgan fingerprint density at radius 3 is 2.52 bits per heavy atom. The lowest BCUT2D eigenvalue weighted by molar-refractivity contribution is -0.124. The van der Waals surface area contributed by atoms with Gasteiger partial charge in [-0.25, -0.2) is 8.42 Å². The summed E-state index contributed by atoms with van der Waals surface area (Å²) in [5, 5.41) is 2.86. The number of ether oxygens (including phenoxy) is 1. The minimum Gasteiger partial charge on any atom is -0.467 e. The van der Waals surface area contributed by atoms with Gasteiger partial charge in [-0.05, 0) is 63.4 Å². The normalized spacial score (nSPS) is 16.5. The highest BCUT2D eigenvalue weighted by Crippen LogP contribution is 2.36. The molecule has 1 aliphatic rings. The zero-order valence-corrected chi connectivity index (χ0v) is 18.7. The van der Waals surface area contributed by atoms with Crippen LogP contribution in [0, 0.1) is 20.8 Å². The number of benzene rings is 1. The molecule has 3 aromatic rings. The van der Waals surface area contributed by atoms with Crippen molar-refractivity contribution < 1.29 is 22.4 Å². The molecule has 164 valence electrons. The van der Waals surface area contributed by atoms with E-state index in [1.165, 1.54) is 0 Å². The first-order valence-corrected chi connectivity index (χ1v) is 11.7. The first kappa shape index (κ1) is 21.4. The lowest BCUT2D eigenvalue weighted by atomic mass is 10.2. The zero-order valence-electron chi connectivity index (χ0n) is 17.8. The fraction of sp³-hybridized carbons (Fsp3) is 0.348. The fourth-order valence-corrected chi connectivity index (χ4v) is 5.56. The quantitative estimate of drug-likeness (QED) is 0.623. The highest BCUT2D eigenvalue weighted by Gasteiger charge is 2.33. The third kappa shape index (κ3) is 4.05. The largest absolute Gasteiger partial charge is 0.467 e. The van der Waals surface area contributed by atoms with Gasteiger partial charge in [0.15, 0.2) is 0 Å².